The summed E-state index contributed by atoms with van der Waals surface area (Å²) in [6.45, 7) is 0. The quantitative estimate of drug-likeness (QED) is 0.844. The molecule has 3 aliphatic rings. The molecule has 1 aliphatic carbocycles. The zero-order valence-electron chi connectivity index (χ0n) is 16.8. The van der Waals surface area contributed by atoms with Crippen LogP contribution in [0.2, 0.25) is 0 Å². The Morgan fingerprint density at radius 1 is 1.07 bits per heavy atom. The second kappa shape index (κ2) is 7.76. The van der Waals surface area contributed by atoms with Crippen LogP contribution in [0.15, 0.2) is 24.7 Å². The molecule has 2 amide bonds. The normalized spacial score (nSPS) is 26.9. The fourth-order valence-corrected chi connectivity index (χ4v) is 5.69. The highest BCUT2D eigenvalue weighted by atomic mass is 16.2. The molecule has 2 aliphatic heterocycles. The molecule has 2 atom stereocenters. The topological polar surface area (TPSA) is 79.6 Å². The third kappa shape index (κ3) is 3.74. The molecule has 2 bridgehead atoms. The van der Waals surface area contributed by atoms with Gasteiger partial charge in [0.2, 0.25) is 5.91 Å². The Hall–Kier alpha value is -2.44. The molecule has 2 saturated heterocycles. The van der Waals surface area contributed by atoms with Crippen molar-refractivity contribution in [3.8, 4) is 0 Å². The van der Waals surface area contributed by atoms with Crippen molar-refractivity contribution in [2.75, 3.05) is 0 Å². The van der Waals surface area contributed by atoms with Gasteiger partial charge in [-0.15, -0.1) is 10.2 Å². The van der Waals surface area contributed by atoms with Crippen LogP contribution in [0.4, 0.5) is 0 Å². The van der Waals surface area contributed by atoms with Crippen LogP contribution >= 0.6 is 0 Å². The first-order valence-electron chi connectivity index (χ1n) is 11.1. The number of hydrogen-bond acceptors (Lipinski definition) is 4. The van der Waals surface area contributed by atoms with Crippen molar-refractivity contribution in [3.63, 3.8) is 0 Å². The molecule has 1 saturated carbocycles. The predicted molar refractivity (Wildman–Crippen MR) is 108 cm³/mol. The summed E-state index contributed by atoms with van der Waals surface area (Å²) in [6.07, 6.45) is 14.3. The zero-order valence-corrected chi connectivity index (χ0v) is 16.8. The number of fused-ring (bicyclic) bond motifs is 3. The van der Waals surface area contributed by atoms with Crippen molar-refractivity contribution in [1.82, 2.24) is 24.8 Å². The minimum atomic E-state index is -0.0639. The first kappa shape index (κ1) is 18.6. The second-order valence-corrected chi connectivity index (χ2v) is 9.03. The number of rotatable bonds is 5. The lowest BCUT2D eigenvalue weighted by molar-refractivity contribution is -0.136. The Kier molecular flexibility index (Phi) is 4.97. The molecule has 29 heavy (non-hydrogen) atoms. The molecule has 2 aromatic heterocycles. The monoisotopic (exact) mass is 395 g/mol. The number of hydrogen-bond donors (Lipinski definition) is 1. The minimum absolute atomic E-state index is 0.0639. The van der Waals surface area contributed by atoms with Gasteiger partial charge in [-0.2, -0.15) is 0 Å². The highest BCUT2D eigenvalue weighted by Crippen LogP contribution is 2.37. The van der Waals surface area contributed by atoms with Crippen LogP contribution in [0.3, 0.4) is 0 Å². The Labute approximate surface area is 170 Å². The molecule has 0 aromatic carbocycles. The first-order valence-corrected chi connectivity index (χ1v) is 11.1. The summed E-state index contributed by atoms with van der Waals surface area (Å²) in [5, 5.41) is 11.0. The number of nitrogens with one attached hydrogen (secondary N) is 1. The van der Waals surface area contributed by atoms with Gasteiger partial charge in [0.25, 0.3) is 5.91 Å². The molecule has 7 heteroatoms. The zero-order chi connectivity index (χ0) is 19.8. The number of nitrogens with zero attached hydrogens (tertiary/aromatic N) is 4. The van der Waals surface area contributed by atoms with E-state index in [1.165, 1.54) is 25.7 Å². The summed E-state index contributed by atoms with van der Waals surface area (Å²) in [5.41, 5.74) is 1.34. The molecule has 7 nitrogen and oxygen atoms in total. The molecule has 0 spiro atoms. The maximum atomic E-state index is 12.9. The van der Waals surface area contributed by atoms with Crippen molar-refractivity contribution in [2.24, 2.45) is 5.92 Å². The van der Waals surface area contributed by atoms with E-state index in [9.17, 15) is 9.59 Å². The summed E-state index contributed by atoms with van der Waals surface area (Å²) in [7, 11) is 0. The maximum Gasteiger partial charge on any atom is 0.253 e. The van der Waals surface area contributed by atoms with E-state index in [2.05, 4.69) is 20.4 Å². The Morgan fingerprint density at radius 2 is 1.83 bits per heavy atom. The third-order valence-electron chi connectivity index (χ3n) is 7.15. The summed E-state index contributed by atoms with van der Waals surface area (Å²) >= 11 is 0. The Bertz CT molecular complexity index is 889. The molecule has 154 valence electrons. The van der Waals surface area contributed by atoms with Gasteiger partial charge in [-0.1, -0.05) is 25.7 Å². The molecule has 2 aromatic rings. The van der Waals surface area contributed by atoms with Crippen molar-refractivity contribution >= 4 is 17.5 Å². The Balaban J connectivity index is 1.18. The first-order chi connectivity index (χ1) is 14.2. The number of amides is 2. The van der Waals surface area contributed by atoms with Gasteiger partial charge in [-0.25, -0.2) is 0 Å². The lowest BCUT2D eigenvalue weighted by Gasteiger charge is -2.39. The van der Waals surface area contributed by atoms with Gasteiger partial charge in [-0.05, 0) is 50.2 Å². The maximum absolute atomic E-state index is 12.9. The average molecular weight is 396 g/mol. The van der Waals surface area contributed by atoms with Gasteiger partial charge < -0.3 is 10.2 Å². The van der Waals surface area contributed by atoms with Crippen LogP contribution in [0.25, 0.3) is 5.65 Å². The van der Waals surface area contributed by atoms with Gasteiger partial charge in [0, 0.05) is 30.7 Å². The number of pyridine rings is 1. The molecule has 5 rings (SSSR count). The van der Waals surface area contributed by atoms with E-state index < -0.39 is 0 Å². The molecular formula is C22H29N5O2. The fourth-order valence-electron chi connectivity index (χ4n) is 5.69. The molecular weight excluding hydrogens is 366 g/mol. The van der Waals surface area contributed by atoms with Crippen LogP contribution in [-0.2, 0) is 4.79 Å². The second-order valence-electron chi connectivity index (χ2n) is 9.03. The smallest absolute Gasteiger partial charge is 0.253 e. The largest absolute Gasteiger partial charge is 0.349 e. The van der Waals surface area contributed by atoms with E-state index in [-0.39, 0.29) is 24.0 Å². The van der Waals surface area contributed by atoms with Crippen LogP contribution < -0.4 is 5.32 Å². The van der Waals surface area contributed by atoms with Gasteiger partial charge in [0.05, 0.1) is 5.56 Å². The molecule has 4 heterocycles. The minimum Gasteiger partial charge on any atom is -0.349 e. The van der Waals surface area contributed by atoms with E-state index in [4.69, 9.17) is 0 Å². The third-order valence-corrected chi connectivity index (χ3v) is 7.15. The summed E-state index contributed by atoms with van der Waals surface area (Å²) < 4.78 is 1.75. The molecule has 1 N–H and O–H groups in total. The Morgan fingerprint density at radius 3 is 2.59 bits per heavy atom. The van der Waals surface area contributed by atoms with Gasteiger partial charge in [0.1, 0.15) is 6.33 Å². The summed E-state index contributed by atoms with van der Waals surface area (Å²) in [6, 6.07) is 4.30. The van der Waals surface area contributed by atoms with Crippen LogP contribution in [0.1, 0.15) is 74.6 Å². The van der Waals surface area contributed by atoms with E-state index >= 15 is 0 Å². The fraction of sp³-hybridized carbons (Fsp3) is 0.636. The van der Waals surface area contributed by atoms with Gasteiger partial charge >= 0.3 is 0 Å². The molecule has 0 radical (unpaired) electrons. The number of carbonyl (C=O) groups is 2. The van der Waals surface area contributed by atoms with E-state index in [1.54, 1.807) is 29.1 Å². The summed E-state index contributed by atoms with van der Waals surface area (Å²) in [4.78, 5) is 27.8. The van der Waals surface area contributed by atoms with E-state index in [1.807, 2.05) is 0 Å². The lowest BCUT2D eigenvalue weighted by Crippen LogP contribution is -2.52. The SMILES string of the molecule is O=C(NC1CC2CCC(C1)N2C(=O)CCC1CCCC1)c1ccc2nncn2c1. The highest BCUT2D eigenvalue weighted by molar-refractivity contribution is 5.94. The van der Waals surface area contributed by atoms with Gasteiger partial charge in [0.15, 0.2) is 5.65 Å². The van der Waals surface area contributed by atoms with Crippen molar-refractivity contribution in [2.45, 2.75) is 82.3 Å². The van der Waals surface area contributed by atoms with Crippen LogP contribution in [-0.4, -0.2) is 49.4 Å². The number of aromatic nitrogens is 3. The van der Waals surface area contributed by atoms with E-state index in [0.29, 0.717) is 17.9 Å². The van der Waals surface area contributed by atoms with Crippen LogP contribution in [0.5, 0.6) is 0 Å². The predicted octanol–water partition coefficient (Wildman–Crippen LogP) is 2.95. The van der Waals surface area contributed by atoms with Crippen molar-refractivity contribution in [1.29, 1.82) is 0 Å². The van der Waals surface area contributed by atoms with Crippen molar-refractivity contribution < 1.29 is 9.59 Å². The number of carbonyl (C=O) groups excluding carboxylic acids is 2. The molecule has 3 fully saturated rings. The lowest BCUT2D eigenvalue weighted by atomic mass is 9.95. The molecule has 2 unspecified atom stereocenters. The van der Waals surface area contributed by atoms with Crippen molar-refractivity contribution in [3.05, 3.63) is 30.2 Å². The standard InChI is InChI=1S/C22H29N5O2/c28-21(10-5-15-3-1-2-4-15)27-18-7-8-19(27)12-17(11-18)24-22(29)16-6-9-20-25-23-14-26(20)13-16/h6,9,13-15,17-19H,1-5,7-8,10-12H2,(H,24,29). The van der Waals surface area contributed by atoms with E-state index in [0.717, 1.165) is 43.7 Å². The number of piperidine rings is 1. The average Bonchev–Trinajstić information content (AvgIpc) is 3.45. The highest BCUT2D eigenvalue weighted by Gasteiger charge is 2.43. The van der Waals surface area contributed by atoms with Crippen LogP contribution in [0, 0.1) is 5.92 Å². The van der Waals surface area contributed by atoms with Gasteiger partial charge in [-0.3, -0.25) is 14.0 Å². The summed E-state index contributed by atoms with van der Waals surface area (Å²) in [5.74, 6) is 1.04.